The zero-order valence-electron chi connectivity index (χ0n) is 10.8. The number of likely N-dealkylation sites (tertiary alicyclic amines) is 1. The fraction of sp³-hybridized carbons (Fsp3) is 1.00. The zero-order valence-corrected chi connectivity index (χ0v) is 10.8. The molecule has 15 heavy (non-hydrogen) atoms. The van der Waals surface area contributed by atoms with Gasteiger partial charge in [0.1, 0.15) is 0 Å². The summed E-state index contributed by atoms with van der Waals surface area (Å²) in [6.45, 7) is 14.5. The first-order valence-corrected chi connectivity index (χ1v) is 6.71. The molecule has 0 radical (unpaired) electrons. The Balaban J connectivity index is 2.04. The van der Waals surface area contributed by atoms with E-state index < -0.39 is 0 Å². The van der Waals surface area contributed by atoms with Crippen molar-refractivity contribution in [2.75, 3.05) is 39.3 Å². The van der Waals surface area contributed by atoms with Crippen LogP contribution in [0.3, 0.4) is 0 Å². The van der Waals surface area contributed by atoms with Gasteiger partial charge in [-0.15, -0.1) is 0 Å². The highest BCUT2D eigenvalue weighted by Crippen LogP contribution is 2.15. The monoisotopic (exact) mass is 212 g/mol. The summed E-state index contributed by atoms with van der Waals surface area (Å²) < 4.78 is 0. The van der Waals surface area contributed by atoms with Crippen molar-refractivity contribution in [3.63, 3.8) is 0 Å². The molecule has 1 aliphatic heterocycles. The molecule has 1 aliphatic rings. The van der Waals surface area contributed by atoms with Crippen LogP contribution in [-0.2, 0) is 0 Å². The molecular weight excluding hydrogens is 184 g/mol. The highest BCUT2D eigenvalue weighted by atomic mass is 15.1. The van der Waals surface area contributed by atoms with Crippen molar-refractivity contribution in [3.05, 3.63) is 0 Å². The first kappa shape index (κ1) is 13.0. The van der Waals surface area contributed by atoms with E-state index in [2.05, 4.69) is 30.6 Å². The first-order valence-electron chi connectivity index (χ1n) is 6.71. The number of nitrogens with zero attached hydrogens (tertiary/aromatic N) is 2. The van der Waals surface area contributed by atoms with Gasteiger partial charge >= 0.3 is 0 Å². The SMILES string of the molecule is CCN(CC)CCCN1CCC(C)CC1. The van der Waals surface area contributed by atoms with E-state index in [4.69, 9.17) is 0 Å². The fourth-order valence-electron chi connectivity index (χ4n) is 2.34. The van der Waals surface area contributed by atoms with Gasteiger partial charge in [-0.3, -0.25) is 0 Å². The molecule has 0 amide bonds. The van der Waals surface area contributed by atoms with Crippen molar-refractivity contribution in [1.82, 2.24) is 9.80 Å². The Kier molecular flexibility index (Phi) is 6.26. The normalized spacial score (nSPS) is 20.0. The van der Waals surface area contributed by atoms with Gasteiger partial charge in [-0.1, -0.05) is 20.8 Å². The second kappa shape index (κ2) is 7.24. The van der Waals surface area contributed by atoms with Crippen LogP contribution in [0, 0.1) is 5.92 Å². The summed E-state index contributed by atoms with van der Waals surface area (Å²) in [5.74, 6) is 0.962. The Morgan fingerprint density at radius 2 is 1.73 bits per heavy atom. The van der Waals surface area contributed by atoms with Crippen LogP contribution in [0.25, 0.3) is 0 Å². The standard InChI is InChI=1S/C13H28N2/c1-4-14(5-2)9-6-10-15-11-7-13(3)8-12-15/h13H,4-12H2,1-3H3. The maximum absolute atomic E-state index is 2.64. The second-order valence-corrected chi connectivity index (χ2v) is 4.90. The van der Waals surface area contributed by atoms with Gasteiger partial charge in [0, 0.05) is 0 Å². The molecule has 2 heteroatoms. The summed E-state index contributed by atoms with van der Waals surface area (Å²) in [7, 11) is 0. The highest BCUT2D eigenvalue weighted by molar-refractivity contribution is 4.69. The summed E-state index contributed by atoms with van der Waals surface area (Å²) in [5, 5.41) is 0. The molecule has 1 rings (SSSR count). The molecule has 0 unspecified atom stereocenters. The maximum atomic E-state index is 2.64. The molecule has 1 saturated heterocycles. The largest absolute Gasteiger partial charge is 0.304 e. The van der Waals surface area contributed by atoms with Crippen LogP contribution in [0.1, 0.15) is 40.0 Å². The van der Waals surface area contributed by atoms with E-state index in [-0.39, 0.29) is 0 Å². The third-order valence-electron chi connectivity index (χ3n) is 3.72. The average Bonchev–Trinajstić information content (AvgIpc) is 2.27. The summed E-state index contributed by atoms with van der Waals surface area (Å²) in [5.41, 5.74) is 0. The van der Waals surface area contributed by atoms with Gasteiger partial charge in [0.05, 0.1) is 0 Å². The lowest BCUT2D eigenvalue weighted by Crippen LogP contribution is -2.35. The van der Waals surface area contributed by atoms with Crippen LogP contribution < -0.4 is 0 Å². The Bertz CT molecular complexity index is 147. The third kappa shape index (κ3) is 4.98. The van der Waals surface area contributed by atoms with Gasteiger partial charge in [-0.05, 0) is 64.4 Å². The zero-order chi connectivity index (χ0) is 11.1. The molecule has 0 aromatic carbocycles. The van der Waals surface area contributed by atoms with E-state index in [1.165, 1.54) is 58.5 Å². The van der Waals surface area contributed by atoms with E-state index >= 15 is 0 Å². The van der Waals surface area contributed by atoms with Crippen LogP contribution in [0.4, 0.5) is 0 Å². The molecule has 0 bridgehead atoms. The molecule has 1 heterocycles. The van der Waals surface area contributed by atoms with Crippen LogP contribution in [0.5, 0.6) is 0 Å². The lowest BCUT2D eigenvalue weighted by Gasteiger charge is -2.30. The van der Waals surface area contributed by atoms with Gasteiger partial charge in [-0.25, -0.2) is 0 Å². The second-order valence-electron chi connectivity index (χ2n) is 4.90. The fourth-order valence-corrected chi connectivity index (χ4v) is 2.34. The van der Waals surface area contributed by atoms with Crippen LogP contribution >= 0.6 is 0 Å². The van der Waals surface area contributed by atoms with E-state index in [0.717, 1.165) is 5.92 Å². The van der Waals surface area contributed by atoms with E-state index in [1.807, 2.05) is 0 Å². The van der Waals surface area contributed by atoms with Gasteiger partial charge in [0.25, 0.3) is 0 Å². The first-order chi connectivity index (χ1) is 7.26. The molecule has 1 fully saturated rings. The van der Waals surface area contributed by atoms with Crippen molar-refractivity contribution in [2.45, 2.75) is 40.0 Å². The third-order valence-corrected chi connectivity index (χ3v) is 3.72. The molecule has 90 valence electrons. The van der Waals surface area contributed by atoms with Gasteiger partial charge < -0.3 is 9.80 Å². The lowest BCUT2D eigenvalue weighted by molar-refractivity contribution is 0.179. The predicted molar refractivity (Wildman–Crippen MR) is 67.2 cm³/mol. The molecular formula is C13H28N2. The summed E-state index contributed by atoms with van der Waals surface area (Å²) in [4.78, 5) is 5.16. The topological polar surface area (TPSA) is 6.48 Å². The number of piperidine rings is 1. The molecule has 0 spiro atoms. The number of hydrogen-bond acceptors (Lipinski definition) is 2. The van der Waals surface area contributed by atoms with E-state index in [9.17, 15) is 0 Å². The number of rotatable bonds is 6. The van der Waals surface area contributed by atoms with Crippen LogP contribution in [-0.4, -0.2) is 49.1 Å². The Hall–Kier alpha value is -0.0800. The van der Waals surface area contributed by atoms with Gasteiger partial charge in [0.15, 0.2) is 0 Å². The van der Waals surface area contributed by atoms with E-state index in [1.54, 1.807) is 0 Å². The van der Waals surface area contributed by atoms with Crippen LogP contribution in [0.15, 0.2) is 0 Å². The van der Waals surface area contributed by atoms with Crippen molar-refractivity contribution in [1.29, 1.82) is 0 Å². The van der Waals surface area contributed by atoms with Crippen molar-refractivity contribution in [2.24, 2.45) is 5.92 Å². The minimum atomic E-state index is 0.962. The molecule has 0 aromatic heterocycles. The Morgan fingerprint density at radius 3 is 2.27 bits per heavy atom. The summed E-state index contributed by atoms with van der Waals surface area (Å²) in [6, 6.07) is 0. The molecule has 0 N–H and O–H groups in total. The maximum Gasteiger partial charge on any atom is -0.000654 e. The minimum absolute atomic E-state index is 0.962. The Labute approximate surface area is 95.6 Å². The average molecular weight is 212 g/mol. The molecule has 0 atom stereocenters. The lowest BCUT2D eigenvalue weighted by atomic mass is 9.99. The quantitative estimate of drug-likeness (QED) is 0.667. The summed E-state index contributed by atoms with van der Waals surface area (Å²) in [6.07, 6.45) is 4.16. The Morgan fingerprint density at radius 1 is 1.13 bits per heavy atom. The minimum Gasteiger partial charge on any atom is -0.304 e. The molecule has 0 saturated carbocycles. The van der Waals surface area contributed by atoms with Gasteiger partial charge in [0.2, 0.25) is 0 Å². The van der Waals surface area contributed by atoms with Crippen molar-refractivity contribution < 1.29 is 0 Å². The molecule has 0 aliphatic carbocycles. The van der Waals surface area contributed by atoms with Crippen LogP contribution in [0.2, 0.25) is 0 Å². The van der Waals surface area contributed by atoms with Crippen molar-refractivity contribution in [3.8, 4) is 0 Å². The van der Waals surface area contributed by atoms with Crippen molar-refractivity contribution >= 4 is 0 Å². The number of hydrogen-bond donors (Lipinski definition) is 0. The highest BCUT2D eigenvalue weighted by Gasteiger charge is 2.14. The van der Waals surface area contributed by atoms with Gasteiger partial charge in [-0.2, -0.15) is 0 Å². The molecule has 2 nitrogen and oxygen atoms in total. The predicted octanol–water partition coefficient (Wildman–Crippen LogP) is 2.45. The van der Waals surface area contributed by atoms with E-state index in [0.29, 0.717) is 0 Å². The molecule has 0 aromatic rings. The smallest absolute Gasteiger partial charge is 0.000654 e. The summed E-state index contributed by atoms with van der Waals surface area (Å²) >= 11 is 0.